The second-order valence-electron chi connectivity index (χ2n) is 1.71. The van der Waals surface area contributed by atoms with Gasteiger partial charge in [0.25, 0.3) is 0 Å². The zero-order valence-corrected chi connectivity index (χ0v) is 6.13. The fourth-order valence-electron chi connectivity index (χ4n) is 0.500. The van der Waals surface area contributed by atoms with Crippen LogP contribution in [-0.2, 0) is 16.5 Å². The minimum atomic E-state index is 0. The van der Waals surface area contributed by atoms with Gasteiger partial charge in [0.15, 0.2) is 0 Å². The van der Waals surface area contributed by atoms with E-state index in [4.69, 9.17) is 0 Å². The van der Waals surface area contributed by atoms with E-state index in [0.717, 1.165) is 0 Å². The van der Waals surface area contributed by atoms with Crippen molar-refractivity contribution in [3.8, 4) is 0 Å². The Labute approximate surface area is 56.6 Å². The first-order valence-corrected chi connectivity index (χ1v) is 2.91. The summed E-state index contributed by atoms with van der Waals surface area (Å²) in [5.74, 6) is 0. The molecule has 0 amide bonds. The first kappa shape index (κ1) is 10.5. The van der Waals surface area contributed by atoms with E-state index in [-0.39, 0.29) is 16.5 Å². The van der Waals surface area contributed by atoms with Gasteiger partial charge in [0, 0.05) is 16.5 Å². The predicted molar refractivity (Wildman–Crippen MR) is 29.8 cm³/mol. The fourth-order valence-corrected chi connectivity index (χ4v) is 0.500. The van der Waals surface area contributed by atoms with Crippen molar-refractivity contribution < 1.29 is 16.5 Å². The molecule has 0 atom stereocenters. The van der Waals surface area contributed by atoms with Crippen molar-refractivity contribution in [2.75, 3.05) is 0 Å². The Hall–Kier alpha value is 0.494. The molecule has 0 aromatic heterocycles. The summed E-state index contributed by atoms with van der Waals surface area (Å²) in [6.45, 7) is 4.46. The molecule has 0 aromatic carbocycles. The molecule has 1 heteroatoms. The molecule has 0 aliphatic heterocycles. The van der Waals surface area contributed by atoms with Gasteiger partial charge in [-0.3, -0.25) is 0 Å². The second kappa shape index (κ2) is 9.71. The Bertz CT molecular complexity index is 16.1. The molecule has 7 heavy (non-hydrogen) atoms. The van der Waals surface area contributed by atoms with Crippen molar-refractivity contribution in [2.24, 2.45) is 0 Å². The predicted octanol–water partition coefficient (Wildman–Crippen LogP) is 2.58. The van der Waals surface area contributed by atoms with Gasteiger partial charge in [0.05, 0.1) is 0 Å². The maximum atomic E-state index is 2.23. The van der Waals surface area contributed by atoms with Crippen LogP contribution < -0.4 is 0 Å². The molecule has 0 aliphatic rings. The van der Waals surface area contributed by atoms with E-state index in [1.54, 1.807) is 0 Å². The van der Waals surface area contributed by atoms with Crippen LogP contribution in [0, 0.1) is 0 Å². The van der Waals surface area contributed by atoms with Crippen molar-refractivity contribution in [1.82, 2.24) is 0 Å². The molecular formula is C6H14Ni. The van der Waals surface area contributed by atoms with Crippen LogP contribution in [-0.4, -0.2) is 0 Å². The van der Waals surface area contributed by atoms with E-state index in [0.29, 0.717) is 0 Å². The average Bonchev–Trinajstić information content (AvgIpc) is 1.61. The van der Waals surface area contributed by atoms with Gasteiger partial charge in [0.1, 0.15) is 0 Å². The van der Waals surface area contributed by atoms with Gasteiger partial charge in [-0.25, -0.2) is 0 Å². The molecular weight excluding hydrogens is 131 g/mol. The maximum Gasteiger partial charge on any atom is 0 e. The SMILES string of the molecule is CCCCCC.[Ni]. The van der Waals surface area contributed by atoms with Crippen molar-refractivity contribution in [1.29, 1.82) is 0 Å². The number of rotatable bonds is 3. The van der Waals surface area contributed by atoms with Gasteiger partial charge >= 0.3 is 0 Å². The molecule has 0 rings (SSSR count). The van der Waals surface area contributed by atoms with Crippen LogP contribution in [0.15, 0.2) is 0 Å². The summed E-state index contributed by atoms with van der Waals surface area (Å²) in [5.41, 5.74) is 0. The maximum absolute atomic E-state index is 2.23. The largest absolute Gasteiger partial charge is 0.0654 e. The Morgan fingerprint density at radius 3 is 1.29 bits per heavy atom. The van der Waals surface area contributed by atoms with Crippen LogP contribution in [0.5, 0.6) is 0 Å². The van der Waals surface area contributed by atoms with E-state index in [9.17, 15) is 0 Å². The van der Waals surface area contributed by atoms with Crippen LogP contribution in [0.25, 0.3) is 0 Å². The smallest absolute Gasteiger partial charge is 0 e. The van der Waals surface area contributed by atoms with E-state index in [2.05, 4.69) is 13.8 Å². The molecule has 0 N–H and O–H groups in total. The number of hydrogen-bond acceptors (Lipinski definition) is 0. The quantitative estimate of drug-likeness (QED) is 0.422. The van der Waals surface area contributed by atoms with Gasteiger partial charge < -0.3 is 0 Å². The Morgan fingerprint density at radius 1 is 0.857 bits per heavy atom. The summed E-state index contributed by atoms with van der Waals surface area (Å²) in [6, 6.07) is 0. The first-order valence-electron chi connectivity index (χ1n) is 2.91. The van der Waals surface area contributed by atoms with Crippen molar-refractivity contribution in [3.63, 3.8) is 0 Å². The number of hydrogen-bond donors (Lipinski definition) is 0. The average molecular weight is 145 g/mol. The van der Waals surface area contributed by atoms with E-state index in [1.165, 1.54) is 25.7 Å². The summed E-state index contributed by atoms with van der Waals surface area (Å²) in [4.78, 5) is 0. The minimum Gasteiger partial charge on any atom is -0.0654 e. The summed E-state index contributed by atoms with van der Waals surface area (Å²) in [7, 11) is 0. The third-order valence-electron chi connectivity index (χ3n) is 0.957. The van der Waals surface area contributed by atoms with E-state index >= 15 is 0 Å². The summed E-state index contributed by atoms with van der Waals surface area (Å²) in [5, 5.41) is 0. The molecule has 0 bridgehead atoms. The van der Waals surface area contributed by atoms with Crippen LogP contribution in [0.3, 0.4) is 0 Å². The fraction of sp³-hybridized carbons (Fsp3) is 1.00. The Kier molecular flexibility index (Phi) is 14.5. The zero-order chi connectivity index (χ0) is 4.83. The number of unbranched alkanes of at least 4 members (excludes halogenated alkanes) is 3. The van der Waals surface area contributed by atoms with Crippen molar-refractivity contribution >= 4 is 0 Å². The van der Waals surface area contributed by atoms with Gasteiger partial charge in [-0.2, -0.15) is 0 Å². The molecule has 0 aliphatic carbocycles. The molecule has 0 nitrogen and oxygen atoms in total. The molecule has 0 heterocycles. The topological polar surface area (TPSA) is 0 Å². The van der Waals surface area contributed by atoms with Gasteiger partial charge in [-0.15, -0.1) is 0 Å². The Morgan fingerprint density at radius 2 is 1.14 bits per heavy atom. The molecule has 0 saturated heterocycles. The standard InChI is InChI=1S/C6H14.Ni/c1-3-5-6-4-2;/h3-6H2,1-2H3;. The third-order valence-corrected chi connectivity index (χ3v) is 0.957. The Balaban J connectivity index is 0. The molecule has 0 unspecified atom stereocenters. The summed E-state index contributed by atoms with van der Waals surface area (Å²) < 4.78 is 0. The molecule has 0 aromatic rings. The minimum absolute atomic E-state index is 0. The normalized spacial score (nSPS) is 7.71. The van der Waals surface area contributed by atoms with Gasteiger partial charge in [0.2, 0.25) is 0 Å². The summed E-state index contributed by atoms with van der Waals surface area (Å²) >= 11 is 0. The van der Waals surface area contributed by atoms with Crippen LogP contribution in [0.4, 0.5) is 0 Å². The molecule has 0 radical (unpaired) electrons. The van der Waals surface area contributed by atoms with Gasteiger partial charge in [-0.1, -0.05) is 39.5 Å². The van der Waals surface area contributed by atoms with E-state index < -0.39 is 0 Å². The zero-order valence-electron chi connectivity index (χ0n) is 5.14. The van der Waals surface area contributed by atoms with Crippen LogP contribution >= 0.6 is 0 Å². The van der Waals surface area contributed by atoms with Gasteiger partial charge in [-0.05, 0) is 0 Å². The van der Waals surface area contributed by atoms with Crippen molar-refractivity contribution in [2.45, 2.75) is 39.5 Å². The van der Waals surface area contributed by atoms with E-state index in [1.807, 2.05) is 0 Å². The monoisotopic (exact) mass is 144 g/mol. The first-order chi connectivity index (χ1) is 2.91. The second-order valence-corrected chi connectivity index (χ2v) is 1.71. The van der Waals surface area contributed by atoms with Crippen LogP contribution in [0.2, 0.25) is 0 Å². The molecule has 48 valence electrons. The van der Waals surface area contributed by atoms with Crippen molar-refractivity contribution in [3.05, 3.63) is 0 Å². The molecule has 0 fully saturated rings. The van der Waals surface area contributed by atoms with Crippen LogP contribution in [0.1, 0.15) is 39.5 Å². The third kappa shape index (κ3) is 10.7. The molecule has 0 saturated carbocycles. The molecule has 0 spiro atoms. The summed E-state index contributed by atoms with van der Waals surface area (Å²) in [6.07, 6.45) is 5.54.